The smallest absolute Gasteiger partial charge is 0.221 e. The second-order valence-electron chi connectivity index (χ2n) is 6.53. The first-order valence-corrected chi connectivity index (χ1v) is 10.1. The lowest BCUT2D eigenvalue weighted by atomic mass is 10.1. The van der Waals surface area contributed by atoms with Gasteiger partial charge in [-0.1, -0.05) is 19.3 Å². The van der Waals surface area contributed by atoms with Crippen molar-refractivity contribution in [2.75, 3.05) is 25.4 Å². The highest BCUT2D eigenvalue weighted by atomic mass is 32.2. The minimum absolute atomic E-state index is 0.0955. The minimum atomic E-state index is -3.22. The molecular formula is C15H29N3O3S. The van der Waals surface area contributed by atoms with Crippen molar-refractivity contribution in [2.45, 2.75) is 57.4 Å². The summed E-state index contributed by atoms with van der Waals surface area (Å²) in [4.78, 5) is 11.6. The molecule has 1 heterocycles. The summed E-state index contributed by atoms with van der Waals surface area (Å²) in [6.07, 6.45) is 7.42. The average Bonchev–Trinajstić information content (AvgIpc) is 2.98. The second kappa shape index (κ2) is 8.26. The lowest BCUT2D eigenvalue weighted by molar-refractivity contribution is -0.121. The van der Waals surface area contributed by atoms with Gasteiger partial charge in [0.1, 0.15) is 0 Å². The summed E-state index contributed by atoms with van der Waals surface area (Å²) >= 11 is 0. The molecule has 2 fully saturated rings. The Morgan fingerprint density at radius 3 is 2.50 bits per heavy atom. The van der Waals surface area contributed by atoms with Gasteiger partial charge >= 0.3 is 0 Å². The fourth-order valence-corrected chi connectivity index (χ4v) is 5.73. The maximum Gasteiger partial charge on any atom is 0.221 e. The predicted octanol–water partition coefficient (Wildman–Crippen LogP) is 0.826. The first-order chi connectivity index (χ1) is 10.5. The summed E-state index contributed by atoms with van der Waals surface area (Å²) in [7, 11) is -3.22. The van der Waals surface area contributed by atoms with E-state index in [9.17, 15) is 13.2 Å². The van der Waals surface area contributed by atoms with Crippen LogP contribution in [0.1, 0.15) is 51.4 Å². The van der Waals surface area contributed by atoms with Crippen LogP contribution < -0.4 is 11.1 Å². The summed E-state index contributed by atoms with van der Waals surface area (Å²) < 4.78 is 27.1. The third kappa shape index (κ3) is 4.93. The maximum atomic E-state index is 12.7. The van der Waals surface area contributed by atoms with Gasteiger partial charge in [0.25, 0.3) is 0 Å². The number of carbonyl (C=O) groups is 1. The van der Waals surface area contributed by atoms with E-state index in [-0.39, 0.29) is 17.7 Å². The highest BCUT2D eigenvalue weighted by Crippen LogP contribution is 2.29. The normalized spacial score (nSPS) is 24.5. The van der Waals surface area contributed by atoms with Crippen LogP contribution in [0.5, 0.6) is 0 Å². The molecule has 1 unspecified atom stereocenters. The number of rotatable bonds is 7. The van der Waals surface area contributed by atoms with Gasteiger partial charge in [-0.25, -0.2) is 8.42 Å². The molecular weight excluding hydrogens is 302 g/mol. The number of nitrogens with zero attached hydrogens (tertiary/aromatic N) is 1. The van der Waals surface area contributed by atoms with E-state index < -0.39 is 10.0 Å². The van der Waals surface area contributed by atoms with Crippen LogP contribution in [0.2, 0.25) is 0 Å². The predicted molar refractivity (Wildman–Crippen MR) is 86.8 cm³/mol. The number of nitrogens with two attached hydrogens (primary N) is 1. The number of piperidine rings is 1. The van der Waals surface area contributed by atoms with Crippen LogP contribution in [0.3, 0.4) is 0 Å². The summed E-state index contributed by atoms with van der Waals surface area (Å²) in [6.45, 7) is 1.31. The van der Waals surface area contributed by atoms with Crippen LogP contribution in [-0.2, 0) is 14.8 Å². The molecule has 0 bridgehead atoms. The first-order valence-electron chi connectivity index (χ1n) is 8.49. The van der Waals surface area contributed by atoms with Crippen molar-refractivity contribution in [3.05, 3.63) is 0 Å². The van der Waals surface area contributed by atoms with Gasteiger partial charge in [-0.2, -0.15) is 4.31 Å². The Hall–Kier alpha value is -0.660. The molecule has 1 saturated carbocycles. The second-order valence-corrected chi connectivity index (χ2v) is 8.50. The molecule has 128 valence electrons. The van der Waals surface area contributed by atoms with Crippen LogP contribution >= 0.6 is 0 Å². The van der Waals surface area contributed by atoms with Crippen LogP contribution in [0, 0.1) is 5.92 Å². The molecule has 1 amide bonds. The van der Waals surface area contributed by atoms with Crippen molar-refractivity contribution in [2.24, 2.45) is 11.7 Å². The molecule has 6 nitrogen and oxygen atoms in total. The molecule has 2 rings (SSSR count). The van der Waals surface area contributed by atoms with E-state index in [4.69, 9.17) is 5.73 Å². The lowest BCUT2D eigenvalue weighted by Gasteiger charge is -2.35. The first kappa shape index (κ1) is 17.7. The van der Waals surface area contributed by atoms with Gasteiger partial charge in [-0.3, -0.25) is 4.79 Å². The summed E-state index contributed by atoms with van der Waals surface area (Å²) in [5.74, 6) is 0.501. The zero-order chi connectivity index (χ0) is 16.0. The Bertz CT molecular complexity index is 461. The van der Waals surface area contributed by atoms with Crippen LogP contribution in [-0.4, -0.2) is 50.1 Å². The molecule has 0 aromatic heterocycles. The largest absolute Gasteiger partial charge is 0.354 e. The zero-order valence-corrected chi connectivity index (χ0v) is 14.1. The third-order valence-electron chi connectivity index (χ3n) is 4.76. The van der Waals surface area contributed by atoms with Crippen molar-refractivity contribution in [3.8, 4) is 0 Å². The summed E-state index contributed by atoms with van der Waals surface area (Å²) in [6, 6.07) is -0.0955. The van der Waals surface area contributed by atoms with Gasteiger partial charge < -0.3 is 11.1 Å². The average molecular weight is 331 g/mol. The number of nitrogens with one attached hydrogen (secondary N) is 1. The molecule has 0 radical (unpaired) electrons. The molecule has 0 aromatic carbocycles. The van der Waals surface area contributed by atoms with Gasteiger partial charge in [0.05, 0.1) is 5.75 Å². The van der Waals surface area contributed by atoms with Gasteiger partial charge in [0.2, 0.25) is 15.9 Å². The van der Waals surface area contributed by atoms with E-state index >= 15 is 0 Å². The highest BCUT2D eigenvalue weighted by Gasteiger charge is 2.34. The molecule has 1 saturated heterocycles. The van der Waals surface area contributed by atoms with Crippen molar-refractivity contribution in [1.29, 1.82) is 0 Å². The van der Waals surface area contributed by atoms with Crippen molar-refractivity contribution in [1.82, 2.24) is 9.62 Å². The van der Waals surface area contributed by atoms with E-state index in [1.807, 2.05) is 0 Å². The molecule has 2 aliphatic rings. The van der Waals surface area contributed by atoms with E-state index in [0.29, 0.717) is 32.0 Å². The Morgan fingerprint density at radius 2 is 1.82 bits per heavy atom. The van der Waals surface area contributed by atoms with Crippen molar-refractivity contribution >= 4 is 15.9 Å². The van der Waals surface area contributed by atoms with Gasteiger partial charge in [-0.05, 0) is 31.6 Å². The Morgan fingerprint density at radius 1 is 1.14 bits per heavy atom. The zero-order valence-electron chi connectivity index (χ0n) is 13.3. The van der Waals surface area contributed by atoms with Gasteiger partial charge in [0, 0.05) is 32.1 Å². The molecule has 3 N–H and O–H groups in total. The molecule has 1 aliphatic heterocycles. The Balaban J connectivity index is 1.94. The third-order valence-corrected chi connectivity index (χ3v) is 6.85. The minimum Gasteiger partial charge on any atom is -0.354 e. The van der Waals surface area contributed by atoms with E-state index in [2.05, 4.69) is 5.32 Å². The summed E-state index contributed by atoms with van der Waals surface area (Å²) in [5.41, 5.74) is 5.36. The molecule has 22 heavy (non-hydrogen) atoms. The molecule has 1 atom stereocenters. The Kier molecular flexibility index (Phi) is 6.65. The number of amides is 1. The number of carbonyl (C=O) groups excluding carboxylic acids is 1. The van der Waals surface area contributed by atoms with Crippen LogP contribution in [0.25, 0.3) is 0 Å². The molecule has 0 aromatic rings. The maximum absolute atomic E-state index is 12.7. The number of sulfonamides is 1. The lowest BCUT2D eigenvalue weighted by Crippen LogP contribution is -2.50. The highest BCUT2D eigenvalue weighted by molar-refractivity contribution is 7.89. The quantitative estimate of drug-likeness (QED) is 0.722. The van der Waals surface area contributed by atoms with E-state index in [1.165, 1.54) is 0 Å². The fourth-order valence-electron chi connectivity index (χ4n) is 3.57. The van der Waals surface area contributed by atoms with E-state index in [0.717, 1.165) is 44.9 Å². The fraction of sp³-hybridized carbons (Fsp3) is 0.933. The van der Waals surface area contributed by atoms with E-state index in [1.54, 1.807) is 4.31 Å². The number of hydrogen-bond donors (Lipinski definition) is 2. The van der Waals surface area contributed by atoms with Crippen molar-refractivity contribution < 1.29 is 13.2 Å². The van der Waals surface area contributed by atoms with Crippen LogP contribution in [0.15, 0.2) is 0 Å². The SMILES string of the molecule is NCCC(=O)NCC1CCCCN1S(=O)(=O)CC1CCCC1. The number of hydrogen-bond acceptors (Lipinski definition) is 4. The van der Waals surface area contributed by atoms with Gasteiger partial charge in [0.15, 0.2) is 0 Å². The summed E-state index contributed by atoms with van der Waals surface area (Å²) in [5, 5.41) is 2.82. The monoisotopic (exact) mass is 331 g/mol. The molecule has 7 heteroatoms. The standard InChI is InChI=1S/C15H29N3O3S/c16-9-8-15(19)17-11-14-7-3-4-10-18(14)22(20,21)12-13-5-1-2-6-13/h13-14H,1-12,16H2,(H,17,19). The molecule has 0 spiro atoms. The topological polar surface area (TPSA) is 92.5 Å². The van der Waals surface area contributed by atoms with Gasteiger partial charge in [-0.15, -0.1) is 0 Å². The van der Waals surface area contributed by atoms with Crippen molar-refractivity contribution in [3.63, 3.8) is 0 Å². The Labute approximate surface area is 133 Å². The van der Waals surface area contributed by atoms with Crippen LogP contribution in [0.4, 0.5) is 0 Å². The molecule has 1 aliphatic carbocycles.